The van der Waals surface area contributed by atoms with E-state index >= 15 is 0 Å². The lowest BCUT2D eigenvalue weighted by Crippen LogP contribution is -2.17. The van der Waals surface area contributed by atoms with Crippen molar-refractivity contribution in [3.8, 4) is 0 Å². The molecule has 0 aromatic rings. The Bertz CT molecular complexity index is 165. The highest BCUT2D eigenvalue weighted by molar-refractivity contribution is 5.82. The summed E-state index contributed by atoms with van der Waals surface area (Å²) >= 11 is 0. The van der Waals surface area contributed by atoms with Gasteiger partial charge in [-0.05, 0) is 31.6 Å². The molecule has 1 aliphatic carbocycles. The van der Waals surface area contributed by atoms with Gasteiger partial charge in [0.05, 0.1) is 0 Å². The lowest BCUT2D eigenvalue weighted by Gasteiger charge is -2.08. The summed E-state index contributed by atoms with van der Waals surface area (Å²) in [6.45, 7) is 5.33. The number of carbonyl (C=O) groups excluding carboxylic acids is 1. The van der Waals surface area contributed by atoms with Crippen molar-refractivity contribution in [2.75, 3.05) is 13.2 Å². The molecule has 0 bridgehead atoms. The smallest absolute Gasteiger partial charge is 0.161 e. The van der Waals surface area contributed by atoms with Gasteiger partial charge in [0.25, 0.3) is 0 Å². The standard InChI is InChI=1S/C11H20O2/c1-3-6-13-8-11(12)10-5-4-9(2)7-10/h9-10H,3-8H2,1-2H3. The van der Waals surface area contributed by atoms with Crippen LogP contribution in [0, 0.1) is 11.8 Å². The zero-order chi connectivity index (χ0) is 9.68. The van der Waals surface area contributed by atoms with Crippen LogP contribution in [0.5, 0.6) is 0 Å². The van der Waals surface area contributed by atoms with Gasteiger partial charge in [-0.1, -0.05) is 13.8 Å². The maximum absolute atomic E-state index is 11.5. The van der Waals surface area contributed by atoms with E-state index < -0.39 is 0 Å². The first kappa shape index (κ1) is 10.7. The third kappa shape index (κ3) is 3.47. The van der Waals surface area contributed by atoms with E-state index in [2.05, 4.69) is 13.8 Å². The fraction of sp³-hybridized carbons (Fsp3) is 0.909. The largest absolute Gasteiger partial charge is 0.374 e. The van der Waals surface area contributed by atoms with E-state index in [0.29, 0.717) is 24.9 Å². The quantitative estimate of drug-likeness (QED) is 0.613. The third-order valence-corrected chi connectivity index (χ3v) is 2.74. The maximum Gasteiger partial charge on any atom is 0.161 e. The SMILES string of the molecule is CCCOCC(=O)C1CCC(C)C1. The van der Waals surface area contributed by atoms with Gasteiger partial charge in [0.2, 0.25) is 0 Å². The summed E-state index contributed by atoms with van der Waals surface area (Å²) in [7, 11) is 0. The highest BCUT2D eigenvalue weighted by Gasteiger charge is 2.26. The molecule has 1 aliphatic rings. The van der Waals surface area contributed by atoms with E-state index in [1.165, 1.54) is 6.42 Å². The van der Waals surface area contributed by atoms with Gasteiger partial charge < -0.3 is 4.74 Å². The van der Waals surface area contributed by atoms with Gasteiger partial charge in [0, 0.05) is 12.5 Å². The van der Waals surface area contributed by atoms with Crippen LogP contribution in [0.25, 0.3) is 0 Å². The normalized spacial score (nSPS) is 27.8. The van der Waals surface area contributed by atoms with Crippen molar-refractivity contribution in [2.24, 2.45) is 11.8 Å². The molecule has 0 aliphatic heterocycles. The van der Waals surface area contributed by atoms with Gasteiger partial charge in [-0.2, -0.15) is 0 Å². The minimum atomic E-state index is 0.298. The number of rotatable bonds is 5. The van der Waals surface area contributed by atoms with Gasteiger partial charge in [-0.25, -0.2) is 0 Å². The Morgan fingerprint density at radius 2 is 2.23 bits per heavy atom. The molecule has 2 heteroatoms. The minimum Gasteiger partial charge on any atom is -0.374 e. The molecule has 76 valence electrons. The molecule has 2 nitrogen and oxygen atoms in total. The van der Waals surface area contributed by atoms with Crippen molar-refractivity contribution in [3.05, 3.63) is 0 Å². The summed E-state index contributed by atoms with van der Waals surface area (Å²) in [4.78, 5) is 11.5. The number of hydrogen-bond donors (Lipinski definition) is 0. The van der Waals surface area contributed by atoms with Gasteiger partial charge in [0.1, 0.15) is 6.61 Å². The first-order chi connectivity index (χ1) is 6.24. The average Bonchev–Trinajstić information content (AvgIpc) is 2.52. The second-order valence-electron chi connectivity index (χ2n) is 4.13. The van der Waals surface area contributed by atoms with Crippen molar-refractivity contribution in [1.29, 1.82) is 0 Å². The van der Waals surface area contributed by atoms with Crippen molar-refractivity contribution >= 4 is 5.78 Å². The molecule has 0 aromatic heterocycles. The van der Waals surface area contributed by atoms with Crippen LogP contribution in [0.3, 0.4) is 0 Å². The molecule has 13 heavy (non-hydrogen) atoms. The Morgan fingerprint density at radius 3 is 2.77 bits per heavy atom. The van der Waals surface area contributed by atoms with Crippen molar-refractivity contribution in [3.63, 3.8) is 0 Å². The van der Waals surface area contributed by atoms with E-state index in [0.717, 1.165) is 25.2 Å². The predicted molar refractivity (Wildman–Crippen MR) is 52.6 cm³/mol. The van der Waals surface area contributed by atoms with Gasteiger partial charge in [0.15, 0.2) is 5.78 Å². The van der Waals surface area contributed by atoms with Crippen LogP contribution in [0.4, 0.5) is 0 Å². The molecule has 0 saturated heterocycles. The Morgan fingerprint density at radius 1 is 1.46 bits per heavy atom. The zero-order valence-electron chi connectivity index (χ0n) is 8.71. The molecule has 1 rings (SSSR count). The lowest BCUT2D eigenvalue weighted by atomic mass is 10.0. The molecule has 2 atom stereocenters. The molecule has 0 heterocycles. The first-order valence-corrected chi connectivity index (χ1v) is 5.34. The molecule has 2 unspecified atom stereocenters. The molecular weight excluding hydrogens is 164 g/mol. The van der Waals surface area contributed by atoms with Crippen molar-refractivity contribution in [1.82, 2.24) is 0 Å². The van der Waals surface area contributed by atoms with Gasteiger partial charge in [-0.15, -0.1) is 0 Å². The number of carbonyl (C=O) groups is 1. The van der Waals surface area contributed by atoms with E-state index in [1.807, 2.05) is 0 Å². The van der Waals surface area contributed by atoms with Gasteiger partial charge in [-0.3, -0.25) is 4.79 Å². The Kier molecular flexibility index (Phi) is 4.43. The molecule has 0 spiro atoms. The predicted octanol–water partition coefficient (Wildman–Crippen LogP) is 2.42. The van der Waals surface area contributed by atoms with E-state index in [1.54, 1.807) is 0 Å². The highest BCUT2D eigenvalue weighted by Crippen LogP contribution is 2.30. The highest BCUT2D eigenvalue weighted by atomic mass is 16.5. The summed E-state index contributed by atoms with van der Waals surface area (Å²) in [5.74, 6) is 1.35. The van der Waals surface area contributed by atoms with Crippen LogP contribution in [-0.4, -0.2) is 19.0 Å². The van der Waals surface area contributed by atoms with Crippen molar-refractivity contribution in [2.45, 2.75) is 39.5 Å². The second-order valence-corrected chi connectivity index (χ2v) is 4.13. The van der Waals surface area contributed by atoms with Crippen LogP contribution in [0.1, 0.15) is 39.5 Å². The summed E-state index contributed by atoms with van der Waals surface area (Å²) in [6.07, 6.45) is 4.36. The summed E-state index contributed by atoms with van der Waals surface area (Å²) in [5, 5.41) is 0. The Hall–Kier alpha value is -0.370. The zero-order valence-corrected chi connectivity index (χ0v) is 8.71. The van der Waals surface area contributed by atoms with Crippen LogP contribution in [0.15, 0.2) is 0 Å². The monoisotopic (exact) mass is 184 g/mol. The Labute approximate surface area is 80.7 Å². The number of ether oxygens (including phenoxy) is 1. The van der Waals surface area contributed by atoms with E-state index in [4.69, 9.17) is 4.74 Å². The van der Waals surface area contributed by atoms with Gasteiger partial charge >= 0.3 is 0 Å². The van der Waals surface area contributed by atoms with E-state index in [-0.39, 0.29) is 0 Å². The fourth-order valence-corrected chi connectivity index (χ4v) is 1.93. The minimum absolute atomic E-state index is 0.298. The molecule has 0 aromatic carbocycles. The topological polar surface area (TPSA) is 26.3 Å². The average molecular weight is 184 g/mol. The molecule has 1 saturated carbocycles. The molecule has 0 radical (unpaired) electrons. The summed E-state index contributed by atoms with van der Waals surface area (Å²) < 4.78 is 5.24. The van der Waals surface area contributed by atoms with Crippen LogP contribution >= 0.6 is 0 Å². The van der Waals surface area contributed by atoms with Crippen LogP contribution < -0.4 is 0 Å². The lowest BCUT2D eigenvalue weighted by molar-refractivity contribution is -0.127. The molecule has 0 N–H and O–H groups in total. The molecule has 1 fully saturated rings. The van der Waals surface area contributed by atoms with E-state index in [9.17, 15) is 4.79 Å². The fourth-order valence-electron chi connectivity index (χ4n) is 1.93. The first-order valence-electron chi connectivity index (χ1n) is 5.34. The number of Topliss-reactive ketones (excluding diaryl/α,β-unsaturated/α-hetero) is 1. The maximum atomic E-state index is 11.5. The number of ketones is 1. The van der Waals surface area contributed by atoms with Crippen LogP contribution in [0.2, 0.25) is 0 Å². The second kappa shape index (κ2) is 5.38. The molecule has 0 amide bonds. The number of hydrogen-bond acceptors (Lipinski definition) is 2. The third-order valence-electron chi connectivity index (χ3n) is 2.74. The molecular formula is C11H20O2. The van der Waals surface area contributed by atoms with Crippen molar-refractivity contribution < 1.29 is 9.53 Å². The summed E-state index contributed by atoms with van der Waals surface area (Å²) in [6, 6.07) is 0. The Balaban J connectivity index is 2.16. The summed E-state index contributed by atoms with van der Waals surface area (Å²) in [5.41, 5.74) is 0. The van der Waals surface area contributed by atoms with Crippen LogP contribution in [-0.2, 0) is 9.53 Å².